The van der Waals surface area contributed by atoms with Gasteiger partial charge in [-0.25, -0.2) is 4.98 Å². The van der Waals surface area contributed by atoms with Gasteiger partial charge < -0.3 is 14.5 Å². The van der Waals surface area contributed by atoms with E-state index in [4.69, 9.17) is 9.72 Å². The van der Waals surface area contributed by atoms with Gasteiger partial charge in [-0.3, -0.25) is 4.79 Å². The molecule has 0 spiro atoms. The van der Waals surface area contributed by atoms with Gasteiger partial charge in [-0.2, -0.15) is 4.37 Å². The van der Waals surface area contributed by atoms with Gasteiger partial charge in [0.15, 0.2) is 0 Å². The molecule has 1 amide bonds. The van der Waals surface area contributed by atoms with E-state index in [1.54, 1.807) is 7.11 Å². The molecule has 3 aromatic rings. The molecule has 1 fully saturated rings. The number of piperidine rings is 1. The van der Waals surface area contributed by atoms with Gasteiger partial charge in [-0.1, -0.05) is 60.2 Å². The van der Waals surface area contributed by atoms with E-state index in [-0.39, 0.29) is 5.91 Å². The zero-order valence-corrected chi connectivity index (χ0v) is 21.7. The van der Waals surface area contributed by atoms with Crippen molar-refractivity contribution in [2.75, 3.05) is 44.8 Å². The highest BCUT2D eigenvalue weighted by molar-refractivity contribution is 7.09. The first-order chi connectivity index (χ1) is 17.1. The number of hydrogen-bond acceptors (Lipinski definition) is 6. The van der Waals surface area contributed by atoms with Crippen LogP contribution in [0, 0.1) is 12.8 Å². The Bertz CT molecular complexity index is 1050. The normalized spacial score (nSPS) is 14.3. The molecule has 2 heterocycles. The molecule has 0 atom stereocenters. The average Bonchev–Trinajstić information content (AvgIpc) is 3.34. The predicted molar refractivity (Wildman–Crippen MR) is 142 cm³/mol. The lowest BCUT2D eigenvalue weighted by atomic mass is 9.90. The van der Waals surface area contributed by atoms with E-state index >= 15 is 0 Å². The number of anilines is 1. The Morgan fingerprint density at radius 2 is 1.80 bits per heavy atom. The molecule has 6 nitrogen and oxygen atoms in total. The molecule has 7 heteroatoms. The number of rotatable bonds is 11. The molecule has 1 saturated heterocycles. The predicted octanol–water partition coefficient (Wildman–Crippen LogP) is 4.76. The third-order valence-corrected chi connectivity index (χ3v) is 7.52. The number of aromatic nitrogens is 2. The van der Waals surface area contributed by atoms with Crippen LogP contribution in [0.3, 0.4) is 0 Å². The number of benzene rings is 2. The number of hydrogen-bond donors (Lipinski definition) is 0. The smallest absolute Gasteiger partial charge is 0.224 e. The van der Waals surface area contributed by atoms with Crippen molar-refractivity contribution in [3.63, 3.8) is 0 Å². The molecule has 2 aromatic carbocycles. The van der Waals surface area contributed by atoms with Crippen molar-refractivity contribution in [1.82, 2.24) is 14.3 Å². The first kappa shape index (κ1) is 25.3. The lowest BCUT2D eigenvalue weighted by Gasteiger charge is -2.32. The highest BCUT2D eigenvalue weighted by Gasteiger charge is 2.24. The minimum absolute atomic E-state index is 0.231. The Labute approximate surface area is 213 Å². The van der Waals surface area contributed by atoms with Crippen molar-refractivity contribution < 1.29 is 9.53 Å². The van der Waals surface area contributed by atoms with E-state index in [0.717, 1.165) is 43.3 Å². The third kappa shape index (κ3) is 7.61. The summed E-state index contributed by atoms with van der Waals surface area (Å²) >= 11 is 1.40. The lowest BCUT2D eigenvalue weighted by Crippen LogP contribution is -2.40. The SMILES string of the molecule is COCCN(CCC(=O)N1CCC(Cc2ccccc2)CC1)c1nc(Cc2ccc(C)cc2)ns1. The average molecular weight is 493 g/mol. The molecule has 35 heavy (non-hydrogen) atoms. The van der Waals surface area contributed by atoms with E-state index in [1.165, 1.54) is 28.2 Å². The number of methoxy groups -OCH3 is 1. The van der Waals surface area contributed by atoms with Crippen LogP contribution in [-0.2, 0) is 22.4 Å². The molecule has 4 rings (SSSR count). The van der Waals surface area contributed by atoms with Gasteiger partial charge in [0.2, 0.25) is 11.0 Å². The molecule has 0 unspecified atom stereocenters. The van der Waals surface area contributed by atoms with E-state index in [0.29, 0.717) is 38.5 Å². The van der Waals surface area contributed by atoms with Crippen LogP contribution in [0.15, 0.2) is 54.6 Å². The van der Waals surface area contributed by atoms with Crippen LogP contribution in [0.25, 0.3) is 0 Å². The summed E-state index contributed by atoms with van der Waals surface area (Å²) in [6, 6.07) is 19.2. The Morgan fingerprint density at radius 1 is 1.06 bits per heavy atom. The molecule has 1 aliphatic rings. The summed E-state index contributed by atoms with van der Waals surface area (Å²) in [5, 5.41) is 0.860. The lowest BCUT2D eigenvalue weighted by molar-refractivity contribution is -0.132. The molecule has 0 saturated carbocycles. The summed E-state index contributed by atoms with van der Waals surface area (Å²) in [5.41, 5.74) is 3.84. The Morgan fingerprint density at radius 3 is 2.51 bits per heavy atom. The standard InChI is InChI=1S/C28H36N4O2S/c1-22-8-10-24(11-9-22)21-26-29-28(35-30-26)32(18-19-34-2)17-14-27(33)31-15-12-25(13-16-31)20-23-6-4-3-5-7-23/h3-11,25H,12-21H2,1-2H3. The van der Waals surface area contributed by atoms with Gasteiger partial charge >= 0.3 is 0 Å². The summed E-state index contributed by atoms with van der Waals surface area (Å²) in [4.78, 5) is 21.9. The van der Waals surface area contributed by atoms with Gasteiger partial charge in [-0.05, 0) is 43.2 Å². The Kier molecular flexibility index (Phi) is 9.26. The maximum Gasteiger partial charge on any atom is 0.224 e. The van der Waals surface area contributed by atoms with Gasteiger partial charge in [0, 0.05) is 57.7 Å². The maximum atomic E-state index is 13.0. The molecule has 1 aliphatic heterocycles. The molecule has 0 aliphatic carbocycles. The molecular weight excluding hydrogens is 456 g/mol. The van der Waals surface area contributed by atoms with Crippen molar-refractivity contribution in [2.45, 2.75) is 39.0 Å². The first-order valence-electron chi connectivity index (χ1n) is 12.5. The van der Waals surface area contributed by atoms with E-state index < -0.39 is 0 Å². The van der Waals surface area contributed by atoms with E-state index in [2.05, 4.69) is 70.8 Å². The van der Waals surface area contributed by atoms with Crippen molar-refractivity contribution >= 4 is 22.6 Å². The number of carbonyl (C=O) groups is 1. The van der Waals surface area contributed by atoms with Crippen LogP contribution < -0.4 is 4.90 Å². The molecule has 0 N–H and O–H groups in total. The second-order valence-electron chi connectivity index (χ2n) is 9.40. The largest absolute Gasteiger partial charge is 0.383 e. The number of aryl methyl sites for hydroxylation is 1. The summed E-state index contributed by atoms with van der Waals surface area (Å²) in [6.07, 6.45) is 4.46. The molecule has 1 aromatic heterocycles. The zero-order valence-electron chi connectivity index (χ0n) is 20.9. The molecular formula is C28H36N4O2S. The summed E-state index contributed by atoms with van der Waals surface area (Å²) < 4.78 is 9.89. The Hall–Kier alpha value is -2.77. The van der Waals surface area contributed by atoms with E-state index in [1.807, 2.05) is 4.90 Å². The molecule has 186 valence electrons. The summed E-state index contributed by atoms with van der Waals surface area (Å²) in [5.74, 6) is 1.71. The highest BCUT2D eigenvalue weighted by Crippen LogP contribution is 2.23. The van der Waals surface area contributed by atoms with Crippen LogP contribution >= 0.6 is 11.5 Å². The number of amides is 1. The third-order valence-electron chi connectivity index (χ3n) is 6.71. The fourth-order valence-electron chi connectivity index (χ4n) is 4.56. The van der Waals surface area contributed by atoms with Crippen LogP contribution in [0.4, 0.5) is 5.13 Å². The van der Waals surface area contributed by atoms with Crippen molar-refractivity contribution in [3.05, 3.63) is 77.1 Å². The fraction of sp³-hybridized carbons (Fsp3) is 0.464. The quantitative estimate of drug-likeness (QED) is 0.386. The monoisotopic (exact) mass is 492 g/mol. The topological polar surface area (TPSA) is 58.6 Å². The molecule has 0 radical (unpaired) electrons. The summed E-state index contributed by atoms with van der Waals surface area (Å²) in [7, 11) is 1.70. The number of ether oxygens (including phenoxy) is 1. The van der Waals surface area contributed by atoms with Crippen LogP contribution in [0.5, 0.6) is 0 Å². The summed E-state index contributed by atoms with van der Waals surface area (Å²) in [6.45, 7) is 5.71. The first-order valence-corrected chi connectivity index (χ1v) is 13.3. The van der Waals surface area contributed by atoms with Gasteiger partial charge in [0.05, 0.1) is 6.61 Å². The fourth-order valence-corrected chi connectivity index (χ4v) is 5.30. The minimum Gasteiger partial charge on any atom is -0.383 e. The number of likely N-dealkylation sites (tertiary alicyclic amines) is 1. The van der Waals surface area contributed by atoms with Crippen LogP contribution in [-0.4, -0.2) is 60.1 Å². The van der Waals surface area contributed by atoms with Crippen molar-refractivity contribution in [3.8, 4) is 0 Å². The number of carbonyl (C=O) groups excluding carboxylic acids is 1. The van der Waals surface area contributed by atoms with Gasteiger partial charge in [-0.15, -0.1) is 0 Å². The van der Waals surface area contributed by atoms with Crippen LogP contribution in [0.1, 0.15) is 41.8 Å². The maximum absolute atomic E-state index is 13.0. The van der Waals surface area contributed by atoms with Gasteiger partial charge in [0.1, 0.15) is 5.82 Å². The van der Waals surface area contributed by atoms with Gasteiger partial charge in [0.25, 0.3) is 0 Å². The molecule has 0 bridgehead atoms. The zero-order chi connectivity index (χ0) is 24.5. The second kappa shape index (κ2) is 12.8. The van der Waals surface area contributed by atoms with Crippen molar-refractivity contribution in [2.24, 2.45) is 5.92 Å². The van der Waals surface area contributed by atoms with E-state index in [9.17, 15) is 4.79 Å². The second-order valence-corrected chi connectivity index (χ2v) is 10.1. The van der Waals surface area contributed by atoms with Crippen molar-refractivity contribution in [1.29, 1.82) is 0 Å². The van der Waals surface area contributed by atoms with Crippen LogP contribution in [0.2, 0.25) is 0 Å². The highest BCUT2D eigenvalue weighted by atomic mass is 32.1. The number of nitrogens with zero attached hydrogens (tertiary/aromatic N) is 4. The Balaban J connectivity index is 1.27. The minimum atomic E-state index is 0.231.